The van der Waals surface area contributed by atoms with E-state index in [4.69, 9.17) is 16.9 Å². The highest BCUT2D eigenvalue weighted by Crippen LogP contribution is 2.30. The molecule has 1 aromatic carbocycles. The summed E-state index contributed by atoms with van der Waals surface area (Å²) >= 11 is 7.36. The summed E-state index contributed by atoms with van der Waals surface area (Å²) in [6.45, 7) is 0.536. The molecule has 0 spiro atoms. The number of hydrogen-bond acceptors (Lipinski definition) is 6. The lowest BCUT2D eigenvalue weighted by Crippen LogP contribution is -2.42. The lowest BCUT2D eigenvalue weighted by atomic mass is 10.2. The van der Waals surface area contributed by atoms with Gasteiger partial charge in [0.25, 0.3) is 5.91 Å². The molecule has 118 valence electrons. The first-order chi connectivity index (χ1) is 11.1. The van der Waals surface area contributed by atoms with E-state index in [-0.39, 0.29) is 12.5 Å². The molecule has 2 heterocycles. The van der Waals surface area contributed by atoms with Gasteiger partial charge >= 0.3 is 0 Å². The van der Waals surface area contributed by atoms with E-state index in [0.717, 1.165) is 5.56 Å². The molecule has 1 aliphatic heterocycles. The molecule has 2 N–H and O–H groups in total. The molecule has 23 heavy (non-hydrogen) atoms. The second kappa shape index (κ2) is 6.54. The number of nitrogens with one attached hydrogen (secondary N) is 1. The molecule has 1 fully saturated rings. The number of rotatable bonds is 3. The topological polar surface area (TPSA) is 89.3 Å². The average molecular weight is 349 g/mol. The Hall–Kier alpha value is -2.14. The van der Waals surface area contributed by atoms with E-state index < -0.39 is 12.1 Å². The molecule has 3 rings (SSSR count). The highest BCUT2D eigenvalue weighted by atomic mass is 35.5. The summed E-state index contributed by atoms with van der Waals surface area (Å²) in [4.78, 5) is 18.4. The van der Waals surface area contributed by atoms with E-state index in [9.17, 15) is 9.90 Å². The predicted molar refractivity (Wildman–Crippen MR) is 87.0 cm³/mol. The van der Waals surface area contributed by atoms with Crippen molar-refractivity contribution in [2.75, 3.05) is 13.1 Å². The third kappa shape index (κ3) is 3.29. The van der Waals surface area contributed by atoms with Gasteiger partial charge in [0.2, 0.25) is 0 Å². The molecule has 1 saturated heterocycles. The molecule has 0 aliphatic carbocycles. The van der Waals surface area contributed by atoms with Crippen LogP contribution in [0.3, 0.4) is 0 Å². The normalized spacial score (nSPS) is 20.3. The number of thiazole rings is 1. The van der Waals surface area contributed by atoms with Gasteiger partial charge in [-0.2, -0.15) is 5.26 Å². The Kier molecular flexibility index (Phi) is 4.48. The largest absolute Gasteiger partial charge is 0.389 e. The number of aliphatic hydroxyl groups is 1. The van der Waals surface area contributed by atoms with Crippen LogP contribution in [0.1, 0.15) is 9.67 Å². The van der Waals surface area contributed by atoms with Crippen LogP contribution in [0.4, 0.5) is 0 Å². The van der Waals surface area contributed by atoms with E-state index in [2.05, 4.69) is 10.3 Å². The number of carbonyl (C=O) groups excluding carboxylic acids is 1. The van der Waals surface area contributed by atoms with Crippen LogP contribution in [0.25, 0.3) is 10.6 Å². The number of aromatic nitrogens is 1. The molecule has 0 bridgehead atoms. The molecule has 1 aliphatic rings. The smallest absolute Gasteiger partial charge is 0.263 e. The third-order valence-electron chi connectivity index (χ3n) is 3.58. The Morgan fingerprint density at radius 1 is 1.48 bits per heavy atom. The lowest BCUT2D eigenvalue weighted by Gasteiger charge is -2.13. The number of nitrogens with zero attached hydrogens (tertiary/aromatic N) is 3. The molecule has 2 aromatic rings. The fourth-order valence-electron chi connectivity index (χ4n) is 2.39. The van der Waals surface area contributed by atoms with Crippen molar-refractivity contribution in [1.82, 2.24) is 15.2 Å². The van der Waals surface area contributed by atoms with Gasteiger partial charge in [0.15, 0.2) is 6.19 Å². The maximum Gasteiger partial charge on any atom is 0.263 e. The Bertz CT molecular complexity index is 773. The first-order valence-electron chi connectivity index (χ1n) is 6.93. The zero-order valence-corrected chi connectivity index (χ0v) is 13.5. The van der Waals surface area contributed by atoms with Gasteiger partial charge < -0.3 is 15.3 Å². The summed E-state index contributed by atoms with van der Waals surface area (Å²) in [7, 11) is 0. The average Bonchev–Trinajstić information content (AvgIpc) is 3.15. The predicted octanol–water partition coefficient (Wildman–Crippen LogP) is 1.72. The van der Waals surface area contributed by atoms with Crippen molar-refractivity contribution in [3.8, 4) is 16.8 Å². The molecule has 0 saturated carbocycles. The van der Waals surface area contributed by atoms with Crippen molar-refractivity contribution in [2.24, 2.45) is 0 Å². The highest BCUT2D eigenvalue weighted by molar-refractivity contribution is 7.17. The lowest BCUT2D eigenvalue weighted by molar-refractivity contribution is 0.0892. The Morgan fingerprint density at radius 2 is 2.26 bits per heavy atom. The zero-order valence-electron chi connectivity index (χ0n) is 11.9. The van der Waals surface area contributed by atoms with Crippen LogP contribution >= 0.6 is 22.9 Å². The van der Waals surface area contributed by atoms with Crippen LogP contribution < -0.4 is 5.32 Å². The number of carbonyl (C=O) groups is 1. The van der Waals surface area contributed by atoms with Crippen LogP contribution in [-0.2, 0) is 0 Å². The molecule has 8 heteroatoms. The SMILES string of the molecule is N#CN1C[C@H](NC(=O)c2cnc(-c3ccccc3Cl)s2)[C@@H](O)C1. The molecule has 0 unspecified atom stereocenters. The second-order valence-corrected chi connectivity index (χ2v) is 6.60. The van der Waals surface area contributed by atoms with Crippen molar-refractivity contribution in [3.05, 3.63) is 40.4 Å². The minimum absolute atomic E-state index is 0.231. The van der Waals surface area contributed by atoms with Crippen LogP contribution in [0.5, 0.6) is 0 Å². The van der Waals surface area contributed by atoms with Gasteiger partial charge in [0, 0.05) is 5.56 Å². The van der Waals surface area contributed by atoms with Crippen molar-refractivity contribution in [2.45, 2.75) is 12.1 Å². The maximum atomic E-state index is 12.3. The highest BCUT2D eigenvalue weighted by Gasteiger charge is 2.32. The van der Waals surface area contributed by atoms with E-state index in [1.165, 1.54) is 22.4 Å². The molecule has 6 nitrogen and oxygen atoms in total. The Balaban J connectivity index is 1.72. The molecule has 2 atom stereocenters. The van der Waals surface area contributed by atoms with Crippen molar-refractivity contribution in [3.63, 3.8) is 0 Å². The Labute approximate surface area is 141 Å². The summed E-state index contributed by atoms with van der Waals surface area (Å²) < 4.78 is 0. The van der Waals surface area contributed by atoms with E-state index >= 15 is 0 Å². The summed E-state index contributed by atoms with van der Waals surface area (Å²) in [6, 6.07) is 6.83. The van der Waals surface area contributed by atoms with Crippen LogP contribution in [0, 0.1) is 11.5 Å². The third-order valence-corrected chi connectivity index (χ3v) is 4.94. The summed E-state index contributed by atoms with van der Waals surface area (Å²) in [5.41, 5.74) is 0.773. The van der Waals surface area contributed by atoms with Crippen molar-refractivity contribution in [1.29, 1.82) is 5.26 Å². The van der Waals surface area contributed by atoms with Crippen LogP contribution in [-0.4, -0.2) is 46.1 Å². The number of amides is 1. The first kappa shape index (κ1) is 15.7. The van der Waals surface area contributed by atoms with Gasteiger partial charge in [0.05, 0.1) is 36.5 Å². The second-order valence-electron chi connectivity index (χ2n) is 5.16. The monoisotopic (exact) mass is 348 g/mol. The van der Waals surface area contributed by atoms with E-state index in [1.807, 2.05) is 24.4 Å². The van der Waals surface area contributed by atoms with Crippen molar-refractivity contribution < 1.29 is 9.90 Å². The zero-order chi connectivity index (χ0) is 16.4. The fourth-order valence-corrected chi connectivity index (χ4v) is 3.53. The number of β-amino-alcohol motifs (C(OH)–C–C–N with tert-alkyl or cyclic N) is 1. The van der Waals surface area contributed by atoms with Gasteiger partial charge in [-0.1, -0.05) is 29.8 Å². The summed E-state index contributed by atoms with van der Waals surface area (Å²) in [5, 5.41) is 22.7. The van der Waals surface area contributed by atoms with Crippen LogP contribution in [0.2, 0.25) is 5.02 Å². The van der Waals surface area contributed by atoms with Gasteiger partial charge in [-0.25, -0.2) is 4.98 Å². The summed E-state index contributed by atoms with van der Waals surface area (Å²) in [5.74, 6) is -0.315. The standard InChI is InChI=1S/C15H13ClN4O2S/c16-10-4-2-1-3-9(10)15-18-5-13(23-15)14(22)19-11-6-20(8-17)7-12(11)21/h1-5,11-12,21H,6-7H2,(H,19,22)/t11-,12-/m0/s1. The van der Waals surface area contributed by atoms with Gasteiger partial charge in [-0.05, 0) is 6.07 Å². The van der Waals surface area contributed by atoms with Crippen molar-refractivity contribution >= 4 is 28.8 Å². The van der Waals surface area contributed by atoms with Gasteiger partial charge in [0.1, 0.15) is 9.88 Å². The molecule has 1 amide bonds. The minimum Gasteiger partial charge on any atom is -0.389 e. The number of aliphatic hydroxyl groups excluding tert-OH is 1. The molecular weight excluding hydrogens is 336 g/mol. The number of likely N-dealkylation sites (tertiary alicyclic amines) is 1. The van der Waals surface area contributed by atoms with Crippen LogP contribution in [0.15, 0.2) is 30.5 Å². The van der Waals surface area contributed by atoms with E-state index in [0.29, 0.717) is 21.5 Å². The number of hydrogen-bond donors (Lipinski definition) is 2. The molecular formula is C15H13ClN4O2S. The first-order valence-corrected chi connectivity index (χ1v) is 8.12. The number of benzene rings is 1. The summed E-state index contributed by atoms with van der Waals surface area (Å²) in [6.07, 6.45) is 2.70. The quantitative estimate of drug-likeness (QED) is 0.824. The molecule has 1 aromatic heterocycles. The van der Waals surface area contributed by atoms with E-state index in [1.54, 1.807) is 6.07 Å². The number of halogens is 1. The minimum atomic E-state index is -0.755. The Morgan fingerprint density at radius 3 is 2.96 bits per heavy atom. The van der Waals surface area contributed by atoms with Gasteiger partial charge in [-0.3, -0.25) is 4.79 Å². The fraction of sp³-hybridized carbons (Fsp3) is 0.267. The molecule has 0 radical (unpaired) electrons. The number of nitriles is 1. The maximum absolute atomic E-state index is 12.3. The van der Waals surface area contributed by atoms with Gasteiger partial charge in [-0.15, -0.1) is 11.3 Å².